The van der Waals surface area contributed by atoms with Crippen LogP contribution in [-0.4, -0.2) is 11.7 Å². The van der Waals surface area contributed by atoms with Crippen LogP contribution in [0.4, 0.5) is 5.69 Å². The van der Waals surface area contributed by atoms with Crippen molar-refractivity contribution in [3.8, 4) is 0 Å². The molecule has 0 heterocycles. The SMILES string of the molecule is CCNC(=S)Nc1cc[c]cc1. The Morgan fingerprint density at radius 3 is 2.75 bits per heavy atom. The molecule has 0 fully saturated rings. The van der Waals surface area contributed by atoms with Crippen molar-refractivity contribution < 1.29 is 0 Å². The predicted molar refractivity (Wildman–Crippen MR) is 55.2 cm³/mol. The fourth-order valence-electron chi connectivity index (χ4n) is 0.806. The van der Waals surface area contributed by atoms with Gasteiger partial charge in [0.25, 0.3) is 0 Å². The van der Waals surface area contributed by atoms with Crippen LogP contribution in [0.2, 0.25) is 0 Å². The molecule has 0 aliphatic carbocycles. The number of rotatable bonds is 2. The van der Waals surface area contributed by atoms with E-state index in [0.29, 0.717) is 5.11 Å². The van der Waals surface area contributed by atoms with E-state index in [0.717, 1.165) is 12.2 Å². The van der Waals surface area contributed by atoms with Crippen molar-refractivity contribution in [1.82, 2.24) is 5.32 Å². The second kappa shape index (κ2) is 4.72. The highest BCUT2D eigenvalue weighted by Crippen LogP contribution is 2.03. The molecule has 2 N–H and O–H groups in total. The Bertz CT molecular complexity index is 246. The molecule has 0 unspecified atom stereocenters. The minimum Gasteiger partial charge on any atom is -0.363 e. The lowest BCUT2D eigenvalue weighted by Gasteiger charge is -2.07. The van der Waals surface area contributed by atoms with Crippen LogP contribution in [0.1, 0.15) is 6.92 Å². The Labute approximate surface area is 78.0 Å². The summed E-state index contributed by atoms with van der Waals surface area (Å²) in [6.45, 7) is 2.84. The Morgan fingerprint density at radius 1 is 1.50 bits per heavy atom. The summed E-state index contributed by atoms with van der Waals surface area (Å²) < 4.78 is 0. The highest BCUT2D eigenvalue weighted by molar-refractivity contribution is 7.80. The number of benzene rings is 1. The van der Waals surface area contributed by atoms with Gasteiger partial charge >= 0.3 is 0 Å². The van der Waals surface area contributed by atoms with E-state index in [1.165, 1.54) is 0 Å². The molecular weight excluding hydrogens is 168 g/mol. The third kappa shape index (κ3) is 2.88. The first-order chi connectivity index (χ1) is 5.83. The molecule has 3 heteroatoms. The third-order valence-corrected chi connectivity index (χ3v) is 1.56. The van der Waals surface area contributed by atoms with E-state index in [1.54, 1.807) is 0 Å². The first kappa shape index (κ1) is 9.00. The van der Waals surface area contributed by atoms with Gasteiger partial charge < -0.3 is 10.6 Å². The normalized spacial score (nSPS) is 9.08. The van der Waals surface area contributed by atoms with E-state index in [9.17, 15) is 0 Å². The summed E-state index contributed by atoms with van der Waals surface area (Å²) in [5.74, 6) is 0. The lowest BCUT2D eigenvalue weighted by molar-refractivity contribution is 0.979. The quantitative estimate of drug-likeness (QED) is 0.677. The van der Waals surface area contributed by atoms with Crippen molar-refractivity contribution in [2.45, 2.75) is 6.92 Å². The van der Waals surface area contributed by atoms with Gasteiger partial charge in [0, 0.05) is 12.2 Å². The standard InChI is InChI=1S/C9H11N2S/c1-2-10-9(12)11-8-6-4-3-5-7-8/h4-7H,2H2,1H3,(H2,10,11,12). The molecule has 0 saturated heterocycles. The minimum absolute atomic E-state index is 0.656. The van der Waals surface area contributed by atoms with Crippen LogP contribution in [-0.2, 0) is 0 Å². The van der Waals surface area contributed by atoms with Gasteiger partial charge in [-0.2, -0.15) is 0 Å². The maximum Gasteiger partial charge on any atom is 0.170 e. The van der Waals surface area contributed by atoms with Crippen molar-refractivity contribution in [2.24, 2.45) is 0 Å². The molecule has 0 aliphatic rings. The van der Waals surface area contributed by atoms with Gasteiger partial charge in [-0.15, -0.1) is 0 Å². The molecule has 12 heavy (non-hydrogen) atoms. The van der Waals surface area contributed by atoms with E-state index >= 15 is 0 Å². The molecule has 0 aromatic heterocycles. The predicted octanol–water partition coefficient (Wildman–Crippen LogP) is 1.79. The largest absolute Gasteiger partial charge is 0.363 e. The van der Waals surface area contributed by atoms with Gasteiger partial charge in [0.1, 0.15) is 0 Å². The molecule has 1 aromatic rings. The van der Waals surface area contributed by atoms with E-state index in [2.05, 4.69) is 16.7 Å². The van der Waals surface area contributed by atoms with Crippen LogP contribution in [0.3, 0.4) is 0 Å². The monoisotopic (exact) mass is 179 g/mol. The number of hydrogen-bond acceptors (Lipinski definition) is 1. The minimum atomic E-state index is 0.656. The Morgan fingerprint density at radius 2 is 2.17 bits per heavy atom. The summed E-state index contributed by atoms with van der Waals surface area (Å²) in [7, 11) is 0. The highest BCUT2D eigenvalue weighted by Gasteiger charge is 1.92. The topological polar surface area (TPSA) is 24.1 Å². The molecule has 0 saturated carbocycles. The molecule has 2 nitrogen and oxygen atoms in total. The van der Waals surface area contributed by atoms with Gasteiger partial charge in [-0.25, -0.2) is 0 Å². The zero-order valence-corrected chi connectivity index (χ0v) is 7.74. The lowest BCUT2D eigenvalue weighted by Crippen LogP contribution is -2.27. The van der Waals surface area contributed by atoms with Gasteiger partial charge in [0.2, 0.25) is 0 Å². The molecule has 0 spiro atoms. The maximum absolute atomic E-state index is 5.00. The first-order valence-electron chi connectivity index (χ1n) is 3.84. The van der Waals surface area contributed by atoms with Gasteiger partial charge in [0.15, 0.2) is 5.11 Å². The third-order valence-electron chi connectivity index (χ3n) is 1.31. The van der Waals surface area contributed by atoms with E-state index in [1.807, 2.05) is 31.2 Å². The van der Waals surface area contributed by atoms with Crippen LogP contribution < -0.4 is 10.6 Å². The van der Waals surface area contributed by atoms with Gasteiger partial charge in [-0.1, -0.05) is 12.1 Å². The van der Waals surface area contributed by atoms with Crippen LogP contribution in [0.25, 0.3) is 0 Å². The molecular formula is C9H11N2S. The average molecular weight is 179 g/mol. The molecule has 1 rings (SSSR count). The van der Waals surface area contributed by atoms with Gasteiger partial charge in [-0.3, -0.25) is 0 Å². The van der Waals surface area contributed by atoms with Crippen molar-refractivity contribution in [1.29, 1.82) is 0 Å². The number of nitrogens with one attached hydrogen (secondary N) is 2. The number of anilines is 1. The molecule has 1 aromatic carbocycles. The van der Waals surface area contributed by atoms with Crippen molar-refractivity contribution in [3.05, 3.63) is 30.3 Å². The molecule has 63 valence electrons. The summed E-state index contributed by atoms with van der Waals surface area (Å²) in [5.41, 5.74) is 0.986. The molecule has 0 atom stereocenters. The second-order valence-electron chi connectivity index (χ2n) is 2.27. The highest BCUT2D eigenvalue weighted by atomic mass is 32.1. The average Bonchev–Trinajstić information content (AvgIpc) is 2.06. The van der Waals surface area contributed by atoms with Crippen molar-refractivity contribution in [3.63, 3.8) is 0 Å². The van der Waals surface area contributed by atoms with Gasteiger partial charge in [0.05, 0.1) is 0 Å². The zero-order valence-electron chi connectivity index (χ0n) is 6.92. The van der Waals surface area contributed by atoms with Crippen LogP contribution in [0.15, 0.2) is 24.3 Å². The second-order valence-corrected chi connectivity index (χ2v) is 2.68. The van der Waals surface area contributed by atoms with E-state index in [-0.39, 0.29) is 0 Å². The van der Waals surface area contributed by atoms with Crippen LogP contribution >= 0.6 is 12.2 Å². The van der Waals surface area contributed by atoms with Crippen LogP contribution in [0.5, 0.6) is 0 Å². The molecule has 0 bridgehead atoms. The van der Waals surface area contributed by atoms with Crippen molar-refractivity contribution in [2.75, 3.05) is 11.9 Å². The van der Waals surface area contributed by atoms with E-state index in [4.69, 9.17) is 12.2 Å². The summed E-state index contributed by atoms with van der Waals surface area (Å²) >= 11 is 5.00. The molecule has 0 amide bonds. The summed E-state index contributed by atoms with van der Waals surface area (Å²) in [6.07, 6.45) is 0. The molecule has 0 aliphatic heterocycles. The number of hydrogen-bond donors (Lipinski definition) is 2. The van der Waals surface area contributed by atoms with Crippen molar-refractivity contribution >= 4 is 23.0 Å². The summed E-state index contributed by atoms with van der Waals surface area (Å²) in [5, 5.41) is 6.70. The Balaban J connectivity index is 2.47. The fraction of sp³-hybridized carbons (Fsp3) is 0.222. The smallest absolute Gasteiger partial charge is 0.170 e. The van der Waals surface area contributed by atoms with Crippen LogP contribution in [0, 0.1) is 6.07 Å². The summed E-state index contributed by atoms with van der Waals surface area (Å²) in [6, 6.07) is 10.5. The summed E-state index contributed by atoms with van der Waals surface area (Å²) in [4.78, 5) is 0. The Hall–Kier alpha value is -1.09. The first-order valence-corrected chi connectivity index (χ1v) is 4.24. The van der Waals surface area contributed by atoms with E-state index < -0.39 is 0 Å². The zero-order chi connectivity index (χ0) is 8.81. The fourth-order valence-corrected chi connectivity index (χ4v) is 1.07. The molecule has 1 radical (unpaired) electrons. The van der Waals surface area contributed by atoms with Gasteiger partial charge in [-0.05, 0) is 37.3 Å². The number of thiocarbonyl (C=S) groups is 1. The maximum atomic E-state index is 5.00. The lowest BCUT2D eigenvalue weighted by atomic mass is 10.3. The Kier molecular flexibility index (Phi) is 3.54.